The highest BCUT2D eigenvalue weighted by molar-refractivity contribution is 7.18. The number of hydrogen-bond acceptors (Lipinski definition) is 4. The molecular weight excluding hydrogens is 352 g/mol. The molecule has 25 heavy (non-hydrogen) atoms. The number of para-hydroxylation sites is 1. The van der Waals surface area contributed by atoms with E-state index in [1.807, 2.05) is 24.3 Å². The van der Waals surface area contributed by atoms with Gasteiger partial charge in [-0.1, -0.05) is 35.9 Å². The Balaban J connectivity index is 1.46. The van der Waals surface area contributed by atoms with E-state index in [1.165, 1.54) is 4.70 Å². The minimum absolute atomic E-state index is 0.0431. The zero-order valence-corrected chi connectivity index (χ0v) is 15.4. The highest BCUT2D eigenvalue weighted by atomic mass is 35.5. The van der Waals surface area contributed by atoms with E-state index in [0.717, 1.165) is 48.6 Å². The van der Waals surface area contributed by atoms with Crippen LogP contribution in [0.15, 0.2) is 48.5 Å². The fourth-order valence-electron chi connectivity index (χ4n) is 3.47. The quantitative estimate of drug-likeness (QED) is 0.603. The van der Waals surface area contributed by atoms with Crippen LogP contribution in [0.5, 0.6) is 0 Å². The van der Waals surface area contributed by atoms with Gasteiger partial charge in [-0.25, -0.2) is 4.98 Å². The van der Waals surface area contributed by atoms with Crippen LogP contribution in [0.3, 0.4) is 0 Å². The lowest BCUT2D eigenvalue weighted by molar-refractivity contribution is 0.0811. The van der Waals surface area contributed by atoms with Gasteiger partial charge in [-0.05, 0) is 43.7 Å². The number of halogens is 1. The van der Waals surface area contributed by atoms with Crippen molar-refractivity contribution in [2.45, 2.75) is 19.4 Å². The van der Waals surface area contributed by atoms with Crippen molar-refractivity contribution in [3.05, 3.63) is 64.1 Å². The largest absolute Gasteiger partial charge is 0.296 e. The summed E-state index contributed by atoms with van der Waals surface area (Å²) in [6, 6.07) is 15.5. The summed E-state index contributed by atoms with van der Waals surface area (Å²) in [4.78, 5) is 19.9. The third kappa shape index (κ3) is 3.76. The lowest BCUT2D eigenvalue weighted by atomic mass is 9.90. The van der Waals surface area contributed by atoms with E-state index in [9.17, 15) is 4.79 Å². The zero-order chi connectivity index (χ0) is 17.2. The summed E-state index contributed by atoms with van der Waals surface area (Å²) in [6.07, 6.45) is 1.99. The second-order valence-corrected chi connectivity index (χ2v) is 8.08. The Morgan fingerprint density at radius 3 is 2.96 bits per heavy atom. The van der Waals surface area contributed by atoms with Gasteiger partial charge >= 0.3 is 0 Å². The number of carbonyl (C=O) groups is 1. The SMILES string of the molecule is O=C(c1cccc(Cl)c1)C1CCCN(Cc2nc3ccccc3s2)C1. The standard InChI is InChI=1S/C20H19ClN2OS/c21-16-7-3-5-14(11-16)20(24)15-6-4-10-23(12-15)13-19-22-17-8-1-2-9-18(17)25-19/h1-3,5,7-9,11,15H,4,6,10,12-13H2. The van der Waals surface area contributed by atoms with Gasteiger partial charge in [0.25, 0.3) is 0 Å². The van der Waals surface area contributed by atoms with Crippen LogP contribution in [0.4, 0.5) is 0 Å². The van der Waals surface area contributed by atoms with Gasteiger partial charge in [-0.2, -0.15) is 0 Å². The number of benzene rings is 2. The van der Waals surface area contributed by atoms with Gasteiger partial charge in [0.1, 0.15) is 5.01 Å². The number of hydrogen-bond donors (Lipinski definition) is 0. The van der Waals surface area contributed by atoms with E-state index < -0.39 is 0 Å². The molecule has 0 saturated carbocycles. The lowest BCUT2D eigenvalue weighted by Crippen LogP contribution is -2.38. The number of aromatic nitrogens is 1. The van der Waals surface area contributed by atoms with Crippen molar-refractivity contribution in [3.63, 3.8) is 0 Å². The van der Waals surface area contributed by atoms with Gasteiger partial charge in [-0.3, -0.25) is 9.69 Å². The third-order valence-electron chi connectivity index (χ3n) is 4.68. The predicted octanol–water partition coefficient (Wildman–Crippen LogP) is 5.04. The van der Waals surface area contributed by atoms with E-state index >= 15 is 0 Å². The fraction of sp³-hybridized carbons (Fsp3) is 0.300. The maximum atomic E-state index is 12.8. The Labute approximate surface area is 156 Å². The molecular formula is C20H19ClN2OS. The summed E-state index contributed by atoms with van der Waals surface area (Å²) in [5, 5.41) is 1.74. The summed E-state index contributed by atoms with van der Waals surface area (Å²) in [7, 11) is 0. The van der Waals surface area contributed by atoms with Gasteiger partial charge < -0.3 is 0 Å². The number of nitrogens with zero attached hydrogens (tertiary/aromatic N) is 2. The van der Waals surface area contributed by atoms with Crippen LogP contribution >= 0.6 is 22.9 Å². The molecule has 1 aliphatic rings. The molecule has 4 rings (SSSR count). The number of carbonyl (C=O) groups excluding carboxylic acids is 1. The van der Waals surface area contributed by atoms with Crippen molar-refractivity contribution >= 4 is 38.9 Å². The van der Waals surface area contributed by atoms with Gasteiger partial charge in [0, 0.05) is 23.0 Å². The van der Waals surface area contributed by atoms with Gasteiger partial charge in [0.05, 0.1) is 16.8 Å². The molecule has 1 saturated heterocycles. The van der Waals surface area contributed by atoms with Gasteiger partial charge in [-0.15, -0.1) is 11.3 Å². The van der Waals surface area contributed by atoms with Crippen LogP contribution in [0.2, 0.25) is 5.02 Å². The van der Waals surface area contributed by atoms with Crippen LogP contribution in [-0.4, -0.2) is 28.8 Å². The number of likely N-dealkylation sites (tertiary alicyclic amines) is 1. The first-order chi connectivity index (χ1) is 12.2. The summed E-state index contributed by atoms with van der Waals surface area (Å²) >= 11 is 7.78. The molecule has 1 aromatic heterocycles. The molecule has 0 radical (unpaired) electrons. The maximum absolute atomic E-state index is 12.8. The molecule has 0 bridgehead atoms. The van der Waals surface area contributed by atoms with Crippen LogP contribution in [-0.2, 0) is 6.54 Å². The topological polar surface area (TPSA) is 33.2 Å². The van der Waals surface area contributed by atoms with E-state index in [2.05, 4.69) is 17.0 Å². The molecule has 1 unspecified atom stereocenters. The summed E-state index contributed by atoms with van der Waals surface area (Å²) < 4.78 is 1.22. The van der Waals surface area contributed by atoms with Crippen LogP contribution < -0.4 is 0 Å². The highest BCUT2D eigenvalue weighted by Gasteiger charge is 2.27. The van der Waals surface area contributed by atoms with Crippen LogP contribution in [0, 0.1) is 5.92 Å². The number of piperidine rings is 1. The van der Waals surface area contributed by atoms with Crippen molar-refractivity contribution in [2.24, 2.45) is 5.92 Å². The van der Waals surface area contributed by atoms with E-state index in [0.29, 0.717) is 5.02 Å². The normalized spacial score (nSPS) is 18.5. The Bertz CT molecular complexity index is 874. The molecule has 5 heteroatoms. The van der Waals surface area contributed by atoms with Crippen molar-refractivity contribution in [1.29, 1.82) is 0 Å². The molecule has 1 aliphatic heterocycles. The second-order valence-electron chi connectivity index (χ2n) is 6.52. The van der Waals surface area contributed by atoms with Crippen molar-refractivity contribution in [1.82, 2.24) is 9.88 Å². The maximum Gasteiger partial charge on any atom is 0.167 e. The third-order valence-corrected chi connectivity index (χ3v) is 5.94. The number of Topliss-reactive ketones (excluding diaryl/α,β-unsaturated/α-hetero) is 1. The average Bonchev–Trinajstić information content (AvgIpc) is 3.03. The molecule has 3 nitrogen and oxygen atoms in total. The fourth-order valence-corrected chi connectivity index (χ4v) is 4.67. The molecule has 1 atom stereocenters. The zero-order valence-electron chi connectivity index (χ0n) is 13.8. The van der Waals surface area contributed by atoms with Crippen molar-refractivity contribution in [2.75, 3.05) is 13.1 Å². The molecule has 1 fully saturated rings. The summed E-state index contributed by atoms with van der Waals surface area (Å²) in [5.74, 6) is 0.248. The molecule has 128 valence electrons. The molecule has 2 heterocycles. The highest BCUT2D eigenvalue weighted by Crippen LogP contribution is 2.26. The average molecular weight is 371 g/mol. The second kappa shape index (κ2) is 7.24. The smallest absolute Gasteiger partial charge is 0.167 e. The van der Waals surface area contributed by atoms with Gasteiger partial charge in [0.15, 0.2) is 5.78 Å². The van der Waals surface area contributed by atoms with Gasteiger partial charge in [0.2, 0.25) is 0 Å². The molecule has 2 aromatic carbocycles. The molecule has 0 spiro atoms. The Morgan fingerprint density at radius 1 is 1.24 bits per heavy atom. The minimum atomic E-state index is 0.0431. The molecule has 0 N–H and O–H groups in total. The Kier molecular flexibility index (Phi) is 4.84. The first kappa shape index (κ1) is 16.7. The summed E-state index contributed by atoms with van der Waals surface area (Å²) in [6.45, 7) is 2.63. The van der Waals surface area contributed by atoms with Crippen molar-refractivity contribution < 1.29 is 4.79 Å². The number of thiazole rings is 1. The van der Waals surface area contributed by atoms with Crippen LogP contribution in [0.25, 0.3) is 10.2 Å². The lowest BCUT2D eigenvalue weighted by Gasteiger charge is -2.31. The van der Waals surface area contributed by atoms with E-state index in [-0.39, 0.29) is 11.7 Å². The van der Waals surface area contributed by atoms with Crippen molar-refractivity contribution in [3.8, 4) is 0 Å². The number of rotatable bonds is 4. The minimum Gasteiger partial charge on any atom is -0.296 e. The monoisotopic (exact) mass is 370 g/mol. The Morgan fingerprint density at radius 2 is 2.12 bits per heavy atom. The van der Waals surface area contributed by atoms with Crippen LogP contribution in [0.1, 0.15) is 28.2 Å². The number of fused-ring (bicyclic) bond motifs is 1. The molecule has 0 amide bonds. The predicted molar refractivity (Wildman–Crippen MR) is 103 cm³/mol. The van der Waals surface area contributed by atoms with E-state index in [4.69, 9.17) is 16.6 Å². The Hall–Kier alpha value is -1.75. The first-order valence-corrected chi connectivity index (χ1v) is 9.75. The molecule has 3 aromatic rings. The summed E-state index contributed by atoms with van der Waals surface area (Å²) in [5.41, 5.74) is 1.78. The first-order valence-electron chi connectivity index (χ1n) is 8.55. The molecule has 0 aliphatic carbocycles. The van der Waals surface area contributed by atoms with E-state index in [1.54, 1.807) is 23.5 Å². The number of ketones is 1.